The summed E-state index contributed by atoms with van der Waals surface area (Å²) in [5.41, 5.74) is 3.59. The van der Waals surface area contributed by atoms with Crippen molar-refractivity contribution in [3.8, 4) is 6.07 Å². The number of alkyl halides is 3. The van der Waals surface area contributed by atoms with Gasteiger partial charge in [0.2, 0.25) is 10.0 Å². The molecule has 1 aliphatic heterocycles. The van der Waals surface area contributed by atoms with Gasteiger partial charge in [-0.3, -0.25) is 4.90 Å². The molecule has 0 amide bonds. The molecule has 0 radical (unpaired) electrons. The number of nitrogens with zero attached hydrogens (tertiary/aromatic N) is 5. The molecule has 1 aliphatic carbocycles. The average molecular weight is 690 g/mol. The number of aromatic nitrogens is 3. The molecule has 47 heavy (non-hydrogen) atoms. The predicted octanol–water partition coefficient (Wildman–Crippen LogP) is 5.22. The van der Waals surface area contributed by atoms with Crippen LogP contribution in [0.15, 0.2) is 30.6 Å². The molecule has 1 saturated heterocycles. The molecule has 252 valence electrons. The monoisotopic (exact) mass is 689 g/mol. The van der Waals surface area contributed by atoms with Crippen molar-refractivity contribution in [2.24, 2.45) is 11.1 Å². The first kappa shape index (κ1) is 33.6. The molecule has 1 aromatic carbocycles. The van der Waals surface area contributed by atoms with E-state index in [1.165, 1.54) is 12.4 Å². The lowest BCUT2D eigenvalue weighted by molar-refractivity contribution is -0.126. The summed E-state index contributed by atoms with van der Waals surface area (Å²) in [7, 11) is -3.58. The van der Waals surface area contributed by atoms with E-state index in [4.69, 9.17) is 5.14 Å². The first-order valence-corrected chi connectivity index (χ1v) is 18.2. The summed E-state index contributed by atoms with van der Waals surface area (Å²) in [4.78, 5) is 11.6. The van der Waals surface area contributed by atoms with Crippen molar-refractivity contribution in [2.45, 2.75) is 88.5 Å². The number of likely N-dealkylation sites (tertiary alicyclic amines) is 1. The second-order valence-electron chi connectivity index (χ2n) is 12.9. The van der Waals surface area contributed by atoms with Crippen LogP contribution in [0.1, 0.15) is 60.2 Å². The Hall–Kier alpha value is -3.29. The zero-order valence-corrected chi connectivity index (χ0v) is 27.6. The van der Waals surface area contributed by atoms with E-state index in [2.05, 4.69) is 39.2 Å². The number of aliphatic hydroxyl groups excluding tert-OH is 1. The topological polar surface area (TPSA) is 150 Å². The van der Waals surface area contributed by atoms with Crippen molar-refractivity contribution in [1.29, 1.82) is 5.26 Å². The number of fused-ring (bicyclic) bond motifs is 2. The third kappa shape index (κ3) is 7.57. The average Bonchev–Trinajstić information content (AvgIpc) is 3.59. The molecule has 0 spiro atoms. The fraction of sp³-hybridized carbons (Fsp3) is 0.531. The van der Waals surface area contributed by atoms with Crippen molar-refractivity contribution in [3.05, 3.63) is 52.3 Å². The van der Waals surface area contributed by atoms with E-state index in [9.17, 15) is 32.0 Å². The summed E-state index contributed by atoms with van der Waals surface area (Å²) in [6.07, 6.45) is -0.891. The number of nitrogens with one attached hydrogen (secondary N) is 1. The fourth-order valence-electron chi connectivity index (χ4n) is 7.09. The number of benzene rings is 1. The number of primary sulfonamides is 1. The van der Waals surface area contributed by atoms with Crippen LogP contribution in [0.3, 0.4) is 0 Å². The van der Waals surface area contributed by atoms with Crippen LogP contribution in [0.2, 0.25) is 0 Å². The third-order valence-corrected chi connectivity index (χ3v) is 12.2. The minimum Gasteiger partial charge on any atom is -0.391 e. The van der Waals surface area contributed by atoms with Crippen LogP contribution in [0, 0.1) is 24.2 Å². The molecule has 1 atom stereocenters. The van der Waals surface area contributed by atoms with Gasteiger partial charge in [-0.15, -0.1) is 11.3 Å². The first-order chi connectivity index (χ1) is 22.3. The molecule has 4 N–H and O–H groups in total. The Kier molecular flexibility index (Phi) is 9.52. The van der Waals surface area contributed by atoms with Gasteiger partial charge in [0.1, 0.15) is 28.7 Å². The summed E-state index contributed by atoms with van der Waals surface area (Å²) >= 11 is 1.04. The van der Waals surface area contributed by atoms with Crippen LogP contribution < -0.4 is 10.5 Å². The van der Waals surface area contributed by atoms with E-state index in [1.807, 2.05) is 16.7 Å². The minimum absolute atomic E-state index is 0.0627. The van der Waals surface area contributed by atoms with Crippen molar-refractivity contribution < 1.29 is 26.7 Å². The maximum absolute atomic E-state index is 12.9. The highest BCUT2D eigenvalue weighted by molar-refractivity contribution is 7.89. The van der Waals surface area contributed by atoms with Gasteiger partial charge in [-0.05, 0) is 80.7 Å². The van der Waals surface area contributed by atoms with Gasteiger partial charge in [0.25, 0.3) is 0 Å². The van der Waals surface area contributed by atoms with Gasteiger partial charge in [0, 0.05) is 41.5 Å². The number of piperidine rings is 1. The first-order valence-electron chi connectivity index (χ1n) is 15.8. The molecular formula is C32H38F3N7O3S2. The van der Waals surface area contributed by atoms with Crippen molar-refractivity contribution in [2.75, 3.05) is 18.4 Å². The molecule has 15 heteroatoms. The maximum Gasteiger partial charge on any atom is 0.393 e. The molecule has 6 rings (SSSR count). The summed E-state index contributed by atoms with van der Waals surface area (Å²) in [6, 6.07) is 9.91. The molecule has 10 nitrogen and oxygen atoms in total. The molecule has 0 bridgehead atoms. The normalized spacial score (nSPS) is 20.9. The summed E-state index contributed by atoms with van der Waals surface area (Å²) in [5.74, 6) is 0.505. The fourth-order valence-corrected chi connectivity index (χ4v) is 9.05. The second kappa shape index (κ2) is 13.3. The summed E-state index contributed by atoms with van der Waals surface area (Å²) < 4.78 is 64.1. The van der Waals surface area contributed by atoms with Gasteiger partial charge in [0.05, 0.1) is 29.7 Å². The van der Waals surface area contributed by atoms with Crippen molar-refractivity contribution in [1.82, 2.24) is 19.4 Å². The molecule has 4 aromatic rings. The molecular weight excluding hydrogens is 652 g/mol. The maximum atomic E-state index is 12.9. The Morgan fingerprint density at radius 2 is 1.85 bits per heavy atom. The molecule has 1 unspecified atom stereocenters. The van der Waals surface area contributed by atoms with Crippen LogP contribution >= 0.6 is 11.3 Å². The number of rotatable bonds is 9. The molecule has 3 aromatic heterocycles. The Balaban J connectivity index is 1.08. The third-order valence-electron chi connectivity index (χ3n) is 9.76. The number of hydrogen-bond acceptors (Lipinski definition) is 9. The molecule has 2 aliphatic rings. The van der Waals surface area contributed by atoms with Gasteiger partial charge < -0.3 is 15.0 Å². The molecule has 2 fully saturated rings. The lowest BCUT2D eigenvalue weighted by Crippen LogP contribution is -2.39. The predicted molar refractivity (Wildman–Crippen MR) is 175 cm³/mol. The van der Waals surface area contributed by atoms with E-state index in [0.717, 1.165) is 65.8 Å². The van der Waals surface area contributed by atoms with E-state index in [-0.39, 0.29) is 23.4 Å². The quantitative estimate of drug-likeness (QED) is 0.217. The molecule has 1 saturated carbocycles. The highest BCUT2D eigenvalue weighted by Crippen LogP contribution is 2.35. The van der Waals surface area contributed by atoms with Crippen molar-refractivity contribution in [3.63, 3.8) is 0 Å². The number of aryl methyl sites for hydroxylation is 1. The van der Waals surface area contributed by atoms with Crippen molar-refractivity contribution >= 4 is 48.3 Å². The number of thiophene rings is 1. The van der Waals surface area contributed by atoms with Gasteiger partial charge in [-0.2, -0.15) is 18.4 Å². The number of anilines is 1. The van der Waals surface area contributed by atoms with Gasteiger partial charge >= 0.3 is 6.18 Å². The number of halogens is 3. The lowest BCUT2D eigenvalue weighted by atomic mass is 9.85. The lowest BCUT2D eigenvalue weighted by Gasteiger charge is -2.33. The smallest absolute Gasteiger partial charge is 0.391 e. The zero-order chi connectivity index (χ0) is 33.5. The summed E-state index contributed by atoms with van der Waals surface area (Å²) in [5, 5.41) is 30.8. The Morgan fingerprint density at radius 1 is 1.13 bits per heavy atom. The number of sulfonamides is 1. The number of hydrogen-bond donors (Lipinski definition) is 3. The number of nitrogens with two attached hydrogens (primary N) is 1. The largest absolute Gasteiger partial charge is 0.393 e. The van der Waals surface area contributed by atoms with E-state index in [0.29, 0.717) is 47.4 Å². The van der Waals surface area contributed by atoms with E-state index >= 15 is 0 Å². The number of nitriles is 1. The Bertz CT molecular complexity index is 1900. The highest BCUT2D eigenvalue weighted by Gasteiger charge is 2.33. The highest BCUT2D eigenvalue weighted by atomic mass is 32.2. The molecule has 4 heterocycles. The second-order valence-corrected chi connectivity index (χ2v) is 15.8. The van der Waals surface area contributed by atoms with E-state index < -0.39 is 34.0 Å². The SMILES string of the molecule is Cc1c(CN2CCC(Nc3ncnc4sc(CC(F)(F)F)cc34)CC2)ccc2c1cc(C#N)n2CC(O)C1CCC(S(N)(=O)=O)CC1. The van der Waals surface area contributed by atoms with Crippen LogP contribution in [-0.2, 0) is 29.5 Å². The van der Waals surface area contributed by atoms with Crippen LogP contribution in [0.4, 0.5) is 19.0 Å². The standard InChI is InChI=1S/C32H38F3N7O3S2/c1-19-21(4-7-28-26(19)12-23(15-36)42(28)17-29(43)20-2-5-25(6-3-20)47(37,44)45)16-41-10-8-22(9-11-41)40-30-27-13-24(14-32(33,34)35)46-31(27)39-18-38-30/h4,7,12-13,18,20,22,25,29,43H,2-3,5-6,8-11,14,16-17H2,1H3,(H2,37,44,45)(H,38,39,40). The Labute approximate surface area is 275 Å². The zero-order valence-electron chi connectivity index (χ0n) is 26.0. The summed E-state index contributed by atoms with van der Waals surface area (Å²) in [6.45, 7) is 4.70. The van der Waals surface area contributed by atoms with E-state index in [1.54, 1.807) is 0 Å². The van der Waals surface area contributed by atoms with Crippen LogP contribution in [0.25, 0.3) is 21.1 Å². The van der Waals surface area contributed by atoms with Gasteiger partial charge in [0.15, 0.2) is 0 Å². The van der Waals surface area contributed by atoms with Crippen LogP contribution in [-0.4, -0.2) is 69.6 Å². The van der Waals surface area contributed by atoms with Gasteiger partial charge in [-0.25, -0.2) is 23.5 Å². The van der Waals surface area contributed by atoms with Gasteiger partial charge in [-0.1, -0.05) is 6.07 Å². The van der Waals surface area contributed by atoms with Crippen LogP contribution in [0.5, 0.6) is 0 Å². The Morgan fingerprint density at radius 3 is 2.51 bits per heavy atom. The minimum atomic E-state index is -4.28. The number of aliphatic hydroxyl groups is 1.